The molecule has 1 N–H and O–H groups in total. The second kappa shape index (κ2) is 7.10. The summed E-state index contributed by atoms with van der Waals surface area (Å²) in [6, 6.07) is 0. The van der Waals surface area contributed by atoms with E-state index in [1.54, 1.807) is 0 Å². The van der Waals surface area contributed by atoms with Crippen molar-refractivity contribution < 1.29 is 0 Å². The summed E-state index contributed by atoms with van der Waals surface area (Å²) in [4.78, 5) is 9.10. The van der Waals surface area contributed by atoms with Crippen molar-refractivity contribution in [3.8, 4) is 0 Å². The van der Waals surface area contributed by atoms with Crippen LogP contribution in [0, 0.1) is 6.92 Å². The number of nitrogens with one attached hydrogen (secondary N) is 1. The van der Waals surface area contributed by atoms with Crippen LogP contribution in [0.3, 0.4) is 0 Å². The Kier molecular flexibility index (Phi) is 5.45. The first-order valence-corrected chi connectivity index (χ1v) is 7.92. The van der Waals surface area contributed by atoms with Gasteiger partial charge in [-0.15, -0.1) is 0 Å². The predicted molar refractivity (Wildman–Crippen MR) is 77.7 cm³/mol. The molecule has 1 aromatic heterocycles. The van der Waals surface area contributed by atoms with E-state index in [4.69, 9.17) is 0 Å². The summed E-state index contributed by atoms with van der Waals surface area (Å²) in [7, 11) is 1.96. The monoisotopic (exact) mass is 265 g/mol. The Morgan fingerprint density at radius 1 is 1.33 bits per heavy atom. The van der Waals surface area contributed by atoms with Gasteiger partial charge in [-0.2, -0.15) is 11.8 Å². The highest BCUT2D eigenvalue weighted by Crippen LogP contribution is 2.29. The Labute approximate surface area is 114 Å². The van der Waals surface area contributed by atoms with Crippen molar-refractivity contribution in [2.45, 2.75) is 56.6 Å². The highest BCUT2D eigenvalue weighted by Gasteiger charge is 2.14. The van der Waals surface area contributed by atoms with E-state index in [2.05, 4.69) is 22.2 Å². The topological polar surface area (TPSA) is 37.8 Å². The summed E-state index contributed by atoms with van der Waals surface area (Å²) < 4.78 is 0. The minimum Gasteiger partial charge on any atom is -0.314 e. The first-order valence-electron chi connectivity index (χ1n) is 6.87. The second-order valence-corrected chi connectivity index (χ2v) is 6.31. The van der Waals surface area contributed by atoms with Crippen LogP contribution in [-0.4, -0.2) is 22.3 Å². The van der Waals surface area contributed by atoms with E-state index in [0.29, 0.717) is 0 Å². The van der Waals surface area contributed by atoms with E-state index in [1.165, 1.54) is 37.7 Å². The summed E-state index contributed by atoms with van der Waals surface area (Å²) >= 11 is 2.04. The van der Waals surface area contributed by atoms with Crippen LogP contribution in [0.25, 0.3) is 0 Å². The molecule has 1 saturated carbocycles. The van der Waals surface area contributed by atoms with Crippen molar-refractivity contribution in [3.05, 3.63) is 23.3 Å². The molecule has 100 valence electrons. The Bertz CT molecular complexity index is 375. The van der Waals surface area contributed by atoms with E-state index < -0.39 is 0 Å². The van der Waals surface area contributed by atoms with Crippen LogP contribution in [0.4, 0.5) is 0 Å². The van der Waals surface area contributed by atoms with Crippen molar-refractivity contribution in [1.29, 1.82) is 0 Å². The van der Waals surface area contributed by atoms with Gasteiger partial charge in [-0.05, 0) is 32.4 Å². The maximum Gasteiger partial charge on any atom is 0.138 e. The summed E-state index contributed by atoms with van der Waals surface area (Å²) in [5, 5.41) is 3.99. The molecule has 0 unspecified atom stereocenters. The number of aryl methyl sites for hydroxylation is 1. The summed E-state index contributed by atoms with van der Waals surface area (Å²) in [6.07, 6.45) is 8.93. The average molecular weight is 265 g/mol. The highest BCUT2D eigenvalue weighted by molar-refractivity contribution is 7.99. The van der Waals surface area contributed by atoms with E-state index in [9.17, 15) is 0 Å². The highest BCUT2D eigenvalue weighted by atomic mass is 32.2. The summed E-state index contributed by atoms with van der Waals surface area (Å²) in [5.41, 5.74) is 2.31. The Hall–Kier alpha value is -0.610. The smallest absolute Gasteiger partial charge is 0.138 e. The third kappa shape index (κ3) is 3.95. The van der Waals surface area contributed by atoms with Crippen molar-refractivity contribution in [2.75, 3.05) is 7.05 Å². The zero-order valence-corrected chi connectivity index (χ0v) is 12.2. The van der Waals surface area contributed by atoms with Gasteiger partial charge in [0.15, 0.2) is 0 Å². The zero-order chi connectivity index (χ0) is 12.8. The molecule has 1 aliphatic rings. The molecule has 0 spiro atoms. The molecule has 0 aromatic carbocycles. The Morgan fingerprint density at radius 2 is 2.11 bits per heavy atom. The lowest BCUT2D eigenvalue weighted by Crippen LogP contribution is -2.12. The fourth-order valence-corrected chi connectivity index (χ4v) is 3.55. The third-order valence-corrected chi connectivity index (χ3v) is 4.84. The van der Waals surface area contributed by atoms with Crippen molar-refractivity contribution >= 4 is 11.8 Å². The maximum absolute atomic E-state index is 4.65. The van der Waals surface area contributed by atoms with Crippen LogP contribution >= 0.6 is 11.8 Å². The number of hydrogen-bond donors (Lipinski definition) is 1. The first-order chi connectivity index (χ1) is 8.79. The van der Waals surface area contributed by atoms with E-state index in [0.717, 1.165) is 29.1 Å². The molecule has 4 heteroatoms. The van der Waals surface area contributed by atoms with Crippen LogP contribution in [0.5, 0.6) is 0 Å². The number of thioether (sulfide) groups is 1. The number of aromatic nitrogens is 2. The quantitative estimate of drug-likeness (QED) is 0.888. The molecule has 1 aromatic rings. The van der Waals surface area contributed by atoms with E-state index in [-0.39, 0.29) is 0 Å². The van der Waals surface area contributed by atoms with Gasteiger partial charge < -0.3 is 5.32 Å². The zero-order valence-electron chi connectivity index (χ0n) is 11.4. The van der Waals surface area contributed by atoms with Gasteiger partial charge in [0.2, 0.25) is 0 Å². The molecule has 0 atom stereocenters. The Morgan fingerprint density at radius 3 is 2.83 bits per heavy atom. The van der Waals surface area contributed by atoms with Gasteiger partial charge >= 0.3 is 0 Å². The van der Waals surface area contributed by atoms with Gasteiger partial charge in [-0.3, -0.25) is 0 Å². The van der Waals surface area contributed by atoms with Crippen LogP contribution in [-0.2, 0) is 12.3 Å². The average Bonchev–Trinajstić information content (AvgIpc) is 2.41. The molecule has 3 nitrogen and oxygen atoms in total. The van der Waals surface area contributed by atoms with Gasteiger partial charge in [-0.1, -0.05) is 19.3 Å². The van der Waals surface area contributed by atoms with E-state index >= 15 is 0 Å². The lowest BCUT2D eigenvalue weighted by molar-refractivity contribution is 0.516. The summed E-state index contributed by atoms with van der Waals surface area (Å²) in [5.74, 6) is 1.95. The molecule has 0 aliphatic heterocycles. The van der Waals surface area contributed by atoms with Gasteiger partial charge in [0.25, 0.3) is 0 Å². The van der Waals surface area contributed by atoms with Crippen LogP contribution in [0.15, 0.2) is 6.20 Å². The van der Waals surface area contributed by atoms with Gasteiger partial charge in [0.1, 0.15) is 5.82 Å². The number of nitrogens with zero attached hydrogens (tertiary/aromatic N) is 2. The van der Waals surface area contributed by atoms with Crippen molar-refractivity contribution in [3.63, 3.8) is 0 Å². The first kappa shape index (κ1) is 13.8. The molecule has 0 radical (unpaired) electrons. The predicted octanol–water partition coefficient (Wildman–Crippen LogP) is 3.07. The van der Waals surface area contributed by atoms with Crippen LogP contribution in [0.2, 0.25) is 0 Å². The number of hydrogen-bond acceptors (Lipinski definition) is 4. The lowest BCUT2D eigenvalue weighted by atomic mass is 10.0. The SMILES string of the molecule is CNCc1nc(CSC2CCCCC2)ncc1C. The largest absolute Gasteiger partial charge is 0.314 e. The third-order valence-electron chi connectivity index (χ3n) is 3.47. The Balaban J connectivity index is 1.90. The fraction of sp³-hybridized carbons (Fsp3) is 0.714. The maximum atomic E-state index is 4.65. The van der Waals surface area contributed by atoms with Gasteiger partial charge in [-0.25, -0.2) is 9.97 Å². The molecule has 2 rings (SSSR count). The van der Waals surface area contributed by atoms with E-state index in [1.807, 2.05) is 25.0 Å². The summed E-state index contributed by atoms with van der Waals surface area (Å²) in [6.45, 7) is 2.90. The number of rotatable bonds is 5. The van der Waals surface area contributed by atoms with Crippen LogP contribution in [0.1, 0.15) is 49.2 Å². The van der Waals surface area contributed by atoms with Crippen molar-refractivity contribution in [2.24, 2.45) is 0 Å². The molecule has 0 bridgehead atoms. The van der Waals surface area contributed by atoms with Gasteiger partial charge in [0.05, 0.1) is 11.4 Å². The minimum absolute atomic E-state index is 0.829. The lowest BCUT2D eigenvalue weighted by Gasteiger charge is -2.20. The molecule has 0 saturated heterocycles. The minimum atomic E-state index is 0.829. The molecular formula is C14H23N3S. The van der Waals surface area contributed by atoms with Crippen LogP contribution < -0.4 is 5.32 Å². The molecule has 0 amide bonds. The molecule has 1 heterocycles. The van der Waals surface area contributed by atoms with Gasteiger partial charge in [0, 0.05) is 18.0 Å². The molecule has 18 heavy (non-hydrogen) atoms. The standard InChI is InChI=1S/C14H23N3S/c1-11-8-16-14(17-13(11)9-15-2)10-18-12-6-4-3-5-7-12/h8,12,15H,3-7,9-10H2,1-2H3. The van der Waals surface area contributed by atoms with Crippen molar-refractivity contribution in [1.82, 2.24) is 15.3 Å². The second-order valence-electron chi connectivity index (χ2n) is 5.02. The molecular weight excluding hydrogens is 242 g/mol. The normalized spacial score (nSPS) is 17.0. The molecule has 1 aliphatic carbocycles. The fourth-order valence-electron chi connectivity index (χ4n) is 2.36. The molecule has 1 fully saturated rings.